The lowest BCUT2D eigenvalue weighted by Gasteiger charge is -2.30. The SMILES string of the molecule is CC(C)c1ccc(S(=O)(=O)NC2CCC(C(F)(F)F)CC2)cc1. The average Bonchev–Trinajstić information content (AvgIpc) is 2.46. The Morgan fingerprint density at radius 1 is 1.04 bits per heavy atom. The predicted octanol–water partition coefficient (Wildman–Crippen LogP) is 4.21. The van der Waals surface area contributed by atoms with E-state index in [2.05, 4.69) is 4.72 Å². The smallest absolute Gasteiger partial charge is 0.208 e. The van der Waals surface area contributed by atoms with Gasteiger partial charge < -0.3 is 0 Å². The zero-order valence-electron chi connectivity index (χ0n) is 13.2. The van der Waals surface area contributed by atoms with Gasteiger partial charge in [-0.15, -0.1) is 0 Å². The third-order valence-corrected chi connectivity index (χ3v) is 5.91. The summed E-state index contributed by atoms with van der Waals surface area (Å²) >= 11 is 0. The van der Waals surface area contributed by atoms with Crippen LogP contribution in [0.5, 0.6) is 0 Å². The van der Waals surface area contributed by atoms with Crippen LogP contribution in [0.4, 0.5) is 13.2 Å². The summed E-state index contributed by atoms with van der Waals surface area (Å²) in [5.41, 5.74) is 1.04. The van der Waals surface area contributed by atoms with Gasteiger partial charge in [-0.25, -0.2) is 13.1 Å². The topological polar surface area (TPSA) is 46.2 Å². The summed E-state index contributed by atoms with van der Waals surface area (Å²) in [6.45, 7) is 4.03. The molecule has 0 spiro atoms. The van der Waals surface area contributed by atoms with Crippen molar-refractivity contribution in [1.29, 1.82) is 0 Å². The number of hydrogen-bond acceptors (Lipinski definition) is 2. The molecular weight excluding hydrogens is 327 g/mol. The highest BCUT2D eigenvalue weighted by molar-refractivity contribution is 7.89. The minimum absolute atomic E-state index is 0.0248. The third-order valence-electron chi connectivity index (χ3n) is 4.37. The summed E-state index contributed by atoms with van der Waals surface area (Å²) in [4.78, 5) is 0.153. The van der Waals surface area contributed by atoms with Crippen molar-refractivity contribution >= 4 is 10.0 Å². The van der Waals surface area contributed by atoms with E-state index in [1.807, 2.05) is 13.8 Å². The van der Waals surface area contributed by atoms with Gasteiger partial charge in [0.15, 0.2) is 0 Å². The second kappa shape index (κ2) is 6.81. The first-order valence-corrected chi connectivity index (χ1v) is 9.27. The molecule has 23 heavy (non-hydrogen) atoms. The van der Waals surface area contributed by atoms with E-state index in [0.717, 1.165) is 5.56 Å². The van der Waals surface area contributed by atoms with E-state index in [-0.39, 0.29) is 30.6 Å². The fraction of sp³-hybridized carbons (Fsp3) is 0.625. The summed E-state index contributed by atoms with van der Waals surface area (Å²) in [5.74, 6) is -1.01. The first-order chi connectivity index (χ1) is 10.6. The van der Waals surface area contributed by atoms with E-state index in [9.17, 15) is 21.6 Å². The molecule has 7 heteroatoms. The van der Waals surface area contributed by atoms with Gasteiger partial charge in [-0.1, -0.05) is 26.0 Å². The molecule has 130 valence electrons. The molecule has 0 radical (unpaired) electrons. The van der Waals surface area contributed by atoms with Crippen molar-refractivity contribution in [2.45, 2.75) is 62.6 Å². The largest absolute Gasteiger partial charge is 0.391 e. The zero-order valence-corrected chi connectivity index (χ0v) is 14.0. The van der Waals surface area contributed by atoms with Crippen molar-refractivity contribution in [3.8, 4) is 0 Å². The van der Waals surface area contributed by atoms with Crippen LogP contribution < -0.4 is 4.72 Å². The predicted molar refractivity (Wildman–Crippen MR) is 82.7 cm³/mol. The van der Waals surface area contributed by atoms with Gasteiger partial charge in [0, 0.05) is 6.04 Å². The molecule has 1 aliphatic rings. The van der Waals surface area contributed by atoms with Crippen LogP contribution in [0.2, 0.25) is 0 Å². The quantitative estimate of drug-likeness (QED) is 0.885. The summed E-state index contributed by atoms with van der Waals surface area (Å²) in [5, 5.41) is 0. The molecule has 1 aliphatic carbocycles. The summed E-state index contributed by atoms with van der Waals surface area (Å²) in [7, 11) is -3.69. The first kappa shape index (κ1) is 18.3. The van der Waals surface area contributed by atoms with Gasteiger partial charge in [-0.05, 0) is 49.3 Å². The van der Waals surface area contributed by atoms with E-state index in [4.69, 9.17) is 0 Å². The highest BCUT2D eigenvalue weighted by Gasteiger charge is 2.41. The lowest BCUT2D eigenvalue weighted by molar-refractivity contribution is -0.182. The number of benzene rings is 1. The molecule has 0 heterocycles. The van der Waals surface area contributed by atoms with Crippen LogP contribution in [0.3, 0.4) is 0 Å². The van der Waals surface area contributed by atoms with Crippen molar-refractivity contribution < 1.29 is 21.6 Å². The molecule has 0 saturated heterocycles. The Morgan fingerprint density at radius 2 is 1.57 bits per heavy atom. The van der Waals surface area contributed by atoms with Crippen molar-refractivity contribution in [3.05, 3.63) is 29.8 Å². The molecule has 1 saturated carbocycles. The van der Waals surface area contributed by atoms with Gasteiger partial charge in [-0.2, -0.15) is 13.2 Å². The minimum atomic E-state index is -4.18. The van der Waals surface area contributed by atoms with Crippen LogP contribution in [0.25, 0.3) is 0 Å². The standard InChI is InChI=1S/C16H22F3NO2S/c1-11(2)12-3-9-15(10-4-12)23(21,22)20-14-7-5-13(6-8-14)16(17,18)19/h3-4,9-11,13-14,20H,5-8H2,1-2H3. The summed E-state index contributed by atoms with van der Waals surface area (Å²) in [6, 6.07) is 6.18. The van der Waals surface area contributed by atoms with Crippen molar-refractivity contribution in [2.75, 3.05) is 0 Å². The Labute approximate surface area is 135 Å². The Hall–Kier alpha value is -1.08. The number of alkyl halides is 3. The number of halogens is 3. The lowest BCUT2D eigenvalue weighted by Crippen LogP contribution is -2.39. The van der Waals surface area contributed by atoms with E-state index in [1.165, 1.54) is 0 Å². The molecule has 1 aromatic carbocycles. The maximum Gasteiger partial charge on any atom is 0.391 e. The number of rotatable bonds is 4. The number of sulfonamides is 1. The molecule has 0 atom stereocenters. The fourth-order valence-corrected chi connectivity index (χ4v) is 4.16. The third kappa shape index (κ3) is 4.70. The molecule has 0 unspecified atom stereocenters. The van der Waals surface area contributed by atoms with Gasteiger partial charge in [0.1, 0.15) is 0 Å². The monoisotopic (exact) mass is 349 g/mol. The van der Waals surface area contributed by atoms with Crippen LogP contribution in [0, 0.1) is 5.92 Å². The van der Waals surface area contributed by atoms with Gasteiger partial charge in [0.2, 0.25) is 10.0 Å². The van der Waals surface area contributed by atoms with Gasteiger partial charge in [0.05, 0.1) is 10.8 Å². The molecule has 0 amide bonds. The van der Waals surface area contributed by atoms with Crippen LogP contribution in [-0.4, -0.2) is 20.6 Å². The van der Waals surface area contributed by atoms with Crippen molar-refractivity contribution in [1.82, 2.24) is 4.72 Å². The summed E-state index contributed by atoms with van der Waals surface area (Å²) < 4.78 is 65.1. The van der Waals surface area contributed by atoms with Crippen LogP contribution >= 0.6 is 0 Å². The Kier molecular flexibility index (Phi) is 5.41. The normalized spacial score (nSPS) is 23.2. The second-order valence-electron chi connectivity index (χ2n) is 6.44. The van der Waals surface area contributed by atoms with E-state index in [1.54, 1.807) is 24.3 Å². The van der Waals surface area contributed by atoms with Crippen molar-refractivity contribution in [2.24, 2.45) is 5.92 Å². The highest BCUT2D eigenvalue weighted by Crippen LogP contribution is 2.37. The van der Waals surface area contributed by atoms with E-state index < -0.39 is 28.2 Å². The molecule has 0 aromatic heterocycles. The maximum absolute atomic E-state index is 12.6. The number of nitrogens with one attached hydrogen (secondary N) is 1. The molecule has 0 bridgehead atoms. The minimum Gasteiger partial charge on any atom is -0.208 e. The average molecular weight is 349 g/mol. The summed E-state index contributed by atoms with van der Waals surface area (Å²) in [6.07, 6.45) is -3.80. The number of hydrogen-bond donors (Lipinski definition) is 1. The van der Waals surface area contributed by atoms with Crippen LogP contribution in [0.1, 0.15) is 51.0 Å². The molecule has 1 fully saturated rings. The maximum atomic E-state index is 12.6. The molecule has 1 aromatic rings. The van der Waals surface area contributed by atoms with Crippen LogP contribution in [0.15, 0.2) is 29.2 Å². The van der Waals surface area contributed by atoms with E-state index >= 15 is 0 Å². The van der Waals surface area contributed by atoms with E-state index in [0.29, 0.717) is 5.92 Å². The first-order valence-electron chi connectivity index (χ1n) is 7.78. The van der Waals surface area contributed by atoms with Gasteiger partial charge in [-0.3, -0.25) is 0 Å². The zero-order chi connectivity index (χ0) is 17.3. The Bertz CT molecular complexity index is 616. The lowest BCUT2D eigenvalue weighted by atomic mass is 9.86. The Morgan fingerprint density at radius 3 is 2.00 bits per heavy atom. The fourth-order valence-electron chi connectivity index (χ4n) is 2.86. The second-order valence-corrected chi connectivity index (χ2v) is 8.15. The highest BCUT2D eigenvalue weighted by atomic mass is 32.2. The van der Waals surface area contributed by atoms with Crippen LogP contribution in [-0.2, 0) is 10.0 Å². The Balaban J connectivity index is 1.99. The van der Waals surface area contributed by atoms with Gasteiger partial charge >= 0.3 is 6.18 Å². The van der Waals surface area contributed by atoms with Crippen molar-refractivity contribution in [3.63, 3.8) is 0 Å². The molecule has 3 nitrogen and oxygen atoms in total. The molecular formula is C16H22F3NO2S. The van der Waals surface area contributed by atoms with Gasteiger partial charge in [0.25, 0.3) is 0 Å². The molecule has 1 N–H and O–H groups in total. The molecule has 2 rings (SSSR count). The molecule has 0 aliphatic heterocycles.